The van der Waals surface area contributed by atoms with Crippen LogP contribution in [0.3, 0.4) is 0 Å². The molecule has 1 aromatic heterocycles. The number of carbonyl (C=O) groups excluding carboxylic acids is 4. The lowest BCUT2D eigenvalue weighted by Gasteiger charge is -2.36. The largest absolute Gasteiger partial charge is 0.481 e. The molecule has 4 rings (SSSR count). The van der Waals surface area contributed by atoms with Crippen LogP contribution in [0.4, 0.5) is 0 Å². The van der Waals surface area contributed by atoms with Gasteiger partial charge in [0.15, 0.2) is 5.78 Å². The highest BCUT2D eigenvalue weighted by molar-refractivity contribution is 5.97. The fourth-order valence-electron chi connectivity index (χ4n) is 6.55. The molecule has 2 aromatic rings. The van der Waals surface area contributed by atoms with Gasteiger partial charge in [-0.25, -0.2) is 0 Å². The van der Waals surface area contributed by atoms with E-state index in [2.05, 4.69) is 16.0 Å². The lowest BCUT2D eigenvalue weighted by Crippen LogP contribution is -2.57. The summed E-state index contributed by atoms with van der Waals surface area (Å²) in [5.41, 5.74) is 1.60. The van der Waals surface area contributed by atoms with Gasteiger partial charge in [-0.05, 0) is 49.8 Å². The van der Waals surface area contributed by atoms with Crippen molar-refractivity contribution in [2.45, 2.75) is 109 Å². The van der Waals surface area contributed by atoms with Crippen LogP contribution in [0.5, 0.6) is 0 Å². The smallest absolute Gasteiger partial charge is 0.303 e. The highest BCUT2D eigenvalue weighted by Crippen LogP contribution is 2.23. The molecule has 0 spiro atoms. The van der Waals surface area contributed by atoms with Crippen LogP contribution >= 0.6 is 0 Å². The third-order valence-electron chi connectivity index (χ3n) is 9.41. The highest BCUT2D eigenvalue weighted by Gasteiger charge is 2.37. The van der Waals surface area contributed by atoms with Crippen LogP contribution in [0.1, 0.15) is 83.6 Å². The molecule has 3 amide bonds. The van der Waals surface area contributed by atoms with Crippen molar-refractivity contribution in [3.05, 3.63) is 36.0 Å². The van der Waals surface area contributed by atoms with Gasteiger partial charge in [-0.2, -0.15) is 4.73 Å². The number of fused-ring (bicyclic) bond motifs is 2. The first-order valence-electron chi connectivity index (χ1n) is 16.7. The number of aliphatic carboxylic acids is 1. The predicted octanol–water partition coefficient (Wildman–Crippen LogP) is 2.61. The van der Waals surface area contributed by atoms with E-state index in [1.54, 1.807) is 18.0 Å². The van der Waals surface area contributed by atoms with Crippen LogP contribution in [0, 0.1) is 5.92 Å². The van der Waals surface area contributed by atoms with E-state index in [9.17, 15) is 24.0 Å². The second-order valence-corrected chi connectivity index (χ2v) is 12.7. The first kappa shape index (κ1) is 34.9. The van der Waals surface area contributed by atoms with Crippen molar-refractivity contribution >= 4 is 40.4 Å². The average molecular weight is 640 g/mol. The van der Waals surface area contributed by atoms with Crippen molar-refractivity contribution < 1.29 is 33.9 Å². The van der Waals surface area contributed by atoms with Crippen LogP contribution in [-0.4, -0.2) is 88.6 Å². The van der Waals surface area contributed by atoms with Gasteiger partial charge in [0.2, 0.25) is 17.7 Å². The zero-order valence-corrected chi connectivity index (χ0v) is 27.3. The summed E-state index contributed by atoms with van der Waals surface area (Å²) in [6, 6.07) is 4.37. The van der Waals surface area contributed by atoms with E-state index in [4.69, 9.17) is 9.94 Å². The Morgan fingerprint density at radius 1 is 0.978 bits per heavy atom. The van der Waals surface area contributed by atoms with Crippen molar-refractivity contribution in [3.63, 3.8) is 0 Å². The quantitative estimate of drug-likeness (QED) is 0.258. The predicted molar refractivity (Wildman–Crippen MR) is 173 cm³/mol. The molecule has 12 heteroatoms. The molecule has 0 saturated carbocycles. The Hall–Kier alpha value is -3.93. The van der Waals surface area contributed by atoms with Gasteiger partial charge in [-0.15, -0.1) is 0 Å². The highest BCUT2D eigenvalue weighted by atomic mass is 16.6. The summed E-state index contributed by atoms with van der Waals surface area (Å²) in [7, 11) is 1.55. The van der Waals surface area contributed by atoms with E-state index in [0.717, 1.165) is 29.3 Å². The zero-order chi connectivity index (χ0) is 33.2. The summed E-state index contributed by atoms with van der Waals surface area (Å²) < 4.78 is 1.61. The van der Waals surface area contributed by atoms with Crippen molar-refractivity contribution in [1.82, 2.24) is 25.6 Å². The second kappa shape index (κ2) is 16.6. The summed E-state index contributed by atoms with van der Waals surface area (Å²) in [4.78, 5) is 73.7. The molecular weight excluding hydrogens is 590 g/mol. The van der Waals surface area contributed by atoms with Crippen molar-refractivity contribution in [3.8, 4) is 0 Å². The lowest BCUT2D eigenvalue weighted by molar-refractivity contribution is -0.137. The number of unbranched alkanes of at least 4 members (excludes halogenated alkanes) is 3. The van der Waals surface area contributed by atoms with Gasteiger partial charge in [-0.3, -0.25) is 28.9 Å². The summed E-state index contributed by atoms with van der Waals surface area (Å²) in [5.74, 6) is -2.38. The lowest BCUT2D eigenvalue weighted by atomic mass is 9.93. The summed E-state index contributed by atoms with van der Waals surface area (Å²) in [6.45, 7) is 4.51. The second-order valence-electron chi connectivity index (χ2n) is 12.7. The molecule has 2 fully saturated rings. The number of nitrogens with zero attached hydrogens (tertiary/aromatic N) is 2. The van der Waals surface area contributed by atoms with Gasteiger partial charge in [0, 0.05) is 24.4 Å². The minimum absolute atomic E-state index is 0.0367. The van der Waals surface area contributed by atoms with Gasteiger partial charge < -0.3 is 25.9 Å². The number of carbonyl (C=O) groups is 5. The van der Waals surface area contributed by atoms with Gasteiger partial charge in [0.25, 0.3) is 0 Å². The molecule has 4 N–H and O–H groups in total. The molecule has 12 nitrogen and oxygen atoms in total. The van der Waals surface area contributed by atoms with Crippen molar-refractivity contribution in [1.29, 1.82) is 0 Å². The average Bonchev–Trinajstić information content (AvgIpc) is 3.40. The number of ketones is 1. The van der Waals surface area contributed by atoms with Gasteiger partial charge >= 0.3 is 5.97 Å². The van der Waals surface area contributed by atoms with Crippen LogP contribution in [0.25, 0.3) is 10.9 Å². The maximum absolute atomic E-state index is 14.0. The van der Waals surface area contributed by atoms with Crippen LogP contribution in [0.2, 0.25) is 0 Å². The standard InChI is InChI=1S/C34H49N5O7/c1-4-22(2)31-29(40)21-38-18-12-11-16-28(38)34(45)35-25(14-7-5-6-8-17-30(41)42)32(43)36-26(33(44)37-31)19-23-20-39(46-3)27-15-10-9-13-24(23)27/h9-10,13,15,20,22,25-26,28,31H,4-8,11-12,14,16-19,21H2,1-3H3,(H,35,45)(H,36,43)(H,37,44)(H,41,42)/t22-,25-,26-,28+,31-/m0/s1. The third kappa shape index (κ3) is 8.86. The molecule has 2 aliphatic heterocycles. The Morgan fingerprint density at radius 2 is 1.70 bits per heavy atom. The monoisotopic (exact) mass is 639 g/mol. The van der Waals surface area contributed by atoms with Gasteiger partial charge in [0.1, 0.15) is 19.2 Å². The first-order valence-corrected chi connectivity index (χ1v) is 16.7. The number of carboxylic acids is 1. The topological polar surface area (TPSA) is 159 Å². The number of Topliss-reactive ketones (excluding diaryl/α,β-unsaturated/α-hetero) is 1. The minimum Gasteiger partial charge on any atom is -0.481 e. The SMILES string of the molecule is CC[C@H](C)[C@@H]1NC(=O)[C@H](Cc2cn(OC)c3ccccc23)NC(=O)[C@H](CCCCCCC(=O)O)NC(=O)[C@H]2CCCCN2CC1=O. The van der Waals surface area contributed by atoms with E-state index in [0.29, 0.717) is 51.5 Å². The number of amides is 3. The number of piperidine rings is 1. The summed E-state index contributed by atoms with van der Waals surface area (Å²) in [5, 5.41) is 18.7. The number of hydrogen-bond donors (Lipinski definition) is 4. The molecule has 1 aromatic carbocycles. The fraction of sp³-hybridized carbons (Fsp3) is 0.618. The van der Waals surface area contributed by atoms with Crippen molar-refractivity contribution in [2.75, 3.05) is 20.2 Å². The normalized spacial score (nSPS) is 24.1. The maximum atomic E-state index is 14.0. The Kier molecular flexibility index (Phi) is 12.6. The number of carboxylic acid groups (broad SMARTS) is 1. The Labute approximate surface area is 270 Å². The Balaban J connectivity index is 1.66. The maximum Gasteiger partial charge on any atom is 0.303 e. The van der Waals surface area contributed by atoms with Crippen LogP contribution in [0.15, 0.2) is 30.5 Å². The molecule has 0 unspecified atom stereocenters. The third-order valence-corrected chi connectivity index (χ3v) is 9.41. The number of rotatable bonds is 12. The van der Waals surface area contributed by atoms with Crippen LogP contribution < -0.4 is 20.8 Å². The van der Waals surface area contributed by atoms with Crippen LogP contribution in [-0.2, 0) is 30.4 Å². The Morgan fingerprint density at radius 3 is 2.43 bits per heavy atom. The molecule has 252 valence electrons. The Bertz CT molecular complexity index is 1390. The molecule has 3 heterocycles. The number of nitrogens with one attached hydrogen (secondary N) is 3. The molecule has 46 heavy (non-hydrogen) atoms. The molecule has 0 bridgehead atoms. The number of para-hydroxylation sites is 1. The minimum atomic E-state index is -1.03. The van der Waals surface area contributed by atoms with E-state index in [1.807, 2.05) is 43.0 Å². The molecular formula is C34H49N5O7. The van der Waals surface area contributed by atoms with Gasteiger partial charge in [0.05, 0.1) is 24.1 Å². The number of hydrogen-bond acceptors (Lipinski definition) is 7. The van der Waals surface area contributed by atoms with E-state index in [1.165, 1.54) is 0 Å². The number of aromatic nitrogens is 1. The summed E-state index contributed by atoms with van der Waals surface area (Å²) >= 11 is 0. The zero-order valence-electron chi connectivity index (χ0n) is 27.3. The van der Waals surface area contributed by atoms with E-state index >= 15 is 0 Å². The molecule has 5 atom stereocenters. The van der Waals surface area contributed by atoms with E-state index in [-0.39, 0.29) is 37.0 Å². The van der Waals surface area contributed by atoms with Gasteiger partial charge in [-0.1, -0.05) is 64.2 Å². The van der Waals surface area contributed by atoms with Crippen molar-refractivity contribution in [2.24, 2.45) is 5.92 Å². The fourth-order valence-corrected chi connectivity index (χ4v) is 6.55. The number of benzene rings is 1. The summed E-state index contributed by atoms with van der Waals surface area (Å²) in [6.07, 6.45) is 7.82. The van der Waals surface area contributed by atoms with E-state index < -0.39 is 42.0 Å². The molecule has 2 aliphatic rings. The molecule has 0 aliphatic carbocycles. The molecule has 0 radical (unpaired) electrons. The molecule has 2 saturated heterocycles. The first-order chi connectivity index (χ1) is 22.1.